The van der Waals surface area contributed by atoms with E-state index in [0.717, 1.165) is 11.4 Å². The minimum Gasteiger partial charge on any atom is -0.388 e. The number of benzene rings is 3. The molecule has 0 unspecified atom stereocenters. The van der Waals surface area contributed by atoms with Crippen molar-refractivity contribution in [3.8, 4) is 0 Å². The Labute approximate surface area is 196 Å². The van der Waals surface area contributed by atoms with Crippen molar-refractivity contribution in [1.82, 2.24) is 0 Å². The predicted molar refractivity (Wildman–Crippen MR) is 132 cm³/mol. The van der Waals surface area contributed by atoms with Gasteiger partial charge >= 0.3 is 0 Å². The van der Waals surface area contributed by atoms with E-state index in [9.17, 15) is 19.2 Å². The van der Waals surface area contributed by atoms with Crippen molar-refractivity contribution in [2.45, 2.75) is 0 Å². The molecule has 2 aliphatic rings. The molecule has 0 saturated heterocycles. The summed E-state index contributed by atoms with van der Waals surface area (Å²) in [6, 6.07) is 17.4. The molecule has 0 bridgehead atoms. The smallest absolute Gasteiger partial charge is 0.197 e. The van der Waals surface area contributed by atoms with Gasteiger partial charge in [-0.1, -0.05) is 24.3 Å². The van der Waals surface area contributed by atoms with Crippen molar-refractivity contribution < 1.29 is 19.2 Å². The van der Waals surface area contributed by atoms with E-state index in [1.54, 1.807) is 50.5 Å². The Morgan fingerprint density at radius 2 is 0.794 bits per heavy atom. The van der Waals surface area contributed by atoms with Gasteiger partial charge in [0.15, 0.2) is 23.1 Å². The van der Waals surface area contributed by atoms with E-state index >= 15 is 0 Å². The van der Waals surface area contributed by atoms with Crippen molar-refractivity contribution in [3.63, 3.8) is 0 Å². The lowest BCUT2D eigenvalue weighted by molar-refractivity contribution is 0.0978. The average molecular weight is 448 g/mol. The SMILES string of the molecule is CNc1ccc(C=C2C(=O)c3cc4c(cc3C2=O)C(=O)C(=Cc2ccc(NC)cc2)C4=O)cc1. The van der Waals surface area contributed by atoms with Gasteiger partial charge in [0, 0.05) is 47.7 Å². The largest absolute Gasteiger partial charge is 0.388 e. The topological polar surface area (TPSA) is 92.3 Å². The molecule has 0 aromatic heterocycles. The van der Waals surface area contributed by atoms with Crippen LogP contribution in [0.4, 0.5) is 11.4 Å². The predicted octanol–water partition coefficient (Wildman–Crippen LogP) is 4.70. The normalized spacial score (nSPS) is 14.3. The molecule has 0 atom stereocenters. The Hall–Kier alpha value is -4.58. The molecule has 0 radical (unpaired) electrons. The van der Waals surface area contributed by atoms with E-state index in [4.69, 9.17) is 0 Å². The molecule has 6 nitrogen and oxygen atoms in total. The van der Waals surface area contributed by atoms with Gasteiger partial charge in [-0.3, -0.25) is 19.2 Å². The zero-order chi connectivity index (χ0) is 24.0. The van der Waals surface area contributed by atoms with E-state index in [-0.39, 0.29) is 33.4 Å². The summed E-state index contributed by atoms with van der Waals surface area (Å²) in [4.78, 5) is 52.1. The molecular weight excluding hydrogens is 428 g/mol. The summed E-state index contributed by atoms with van der Waals surface area (Å²) in [6.45, 7) is 0. The highest BCUT2D eigenvalue weighted by atomic mass is 16.2. The summed E-state index contributed by atoms with van der Waals surface area (Å²) in [6.07, 6.45) is 3.08. The second-order valence-corrected chi connectivity index (χ2v) is 8.12. The Bertz CT molecular complexity index is 1290. The van der Waals surface area contributed by atoms with E-state index in [1.165, 1.54) is 12.1 Å². The molecule has 0 saturated carbocycles. The monoisotopic (exact) mass is 448 g/mol. The van der Waals surface area contributed by atoms with Crippen molar-refractivity contribution in [2.75, 3.05) is 24.7 Å². The lowest BCUT2D eigenvalue weighted by atomic mass is 10.0. The molecule has 0 spiro atoms. The van der Waals surface area contributed by atoms with Gasteiger partial charge < -0.3 is 10.6 Å². The Kier molecular flexibility index (Phi) is 5.06. The fourth-order valence-electron chi connectivity index (χ4n) is 4.23. The van der Waals surface area contributed by atoms with E-state index in [0.29, 0.717) is 11.1 Å². The van der Waals surface area contributed by atoms with Gasteiger partial charge in [0.2, 0.25) is 0 Å². The number of carbonyl (C=O) groups is 4. The van der Waals surface area contributed by atoms with E-state index in [2.05, 4.69) is 10.6 Å². The molecule has 0 fully saturated rings. The minimum absolute atomic E-state index is 0.0242. The molecule has 6 heteroatoms. The second kappa shape index (κ2) is 8.08. The number of nitrogens with one attached hydrogen (secondary N) is 2. The summed E-state index contributed by atoms with van der Waals surface area (Å²) in [5.41, 5.74) is 3.90. The third-order valence-electron chi connectivity index (χ3n) is 6.14. The number of rotatable bonds is 4. The lowest BCUT2D eigenvalue weighted by Crippen LogP contribution is -2.02. The Morgan fingerprint density at radius 1 is 0.500 bits per heavy atom. The summed E-state index contributed by atoms with van der Waals surface area (Å²) in [5, 5.41) is 6.02. The van der Waals surface area contributed by atoms with Crippen LogP contribution < -0.4 is 10.6 Å². The molecule has 34 heavy (non-hydrogen) atoms. The zero-order valence-electron chi connectivity index (χ0n) is 18.6. The molecule has 3 aromatic rings. The van der Waals surface area contributed by atoms with Crippen molar-refractivity contribution >= 4 is 46.7 Å². The third kappa shape index (κ3) is 3.36. The van der Waals surface area contributed by atoms with Crippen LogP contribution in [0.15, 0.2) is 71.8 Å². The maximum atomic E-state index is 13.0. The van der Waals surface area contributed by atoms with Crippen LogP contribution in [0.2, 0.25) is 0 Å². The first kappa shape index (κ1) is 21.3. The summed E-state index contributed by atoms with van der Waals surface area (Å²) in [5.74, 6) is -1.77. The molecular formula is C28H20N2O4. The number of carbonyl (C=O) groups excluding carboxylic acids is 4. The first-order chi connectivity index (χ1) is 16.4. The van der Waals surface area contributed by atoms with Crippen LogP contribution in [0.5, 0.6) is 0 Å². The van der Waals surface area contributed by atoms with Gasteiger partial charge in [-0.2, -0.15) is 0 Å². The average Bonchev–Trinajstić information content (AvgIpc) is 3.24. The van der Waals surface area contributed by atoms with Crippen LogP contribution in [-0.4, -0.2) is 37.2 Å². The number of hydrogen-bond acceptors (Lipinski definition) is 6. The number of ketones is 4. The molecule has 0 amide bonds. The van der Waals surface area contributed by atoms with E-state index < -0.39 is 23.1 Å². The number of allylic oxidation sites excluding steroid dienone is 2. The quantitative estimate of drug-likeness (QED) is 0.444. The number of anilines is 2. The molecule has 2 aliphatic carbocycles. The lowest BCUT2D eigenvalue weighted by Gasteiger charge is -2.00. The Balaban J connectivity index is 1.50. The molecule has 0 heterocycles. The van der Waals surface area contributed by atoms with Gasteiger partial charge in [0.25, 0.3) is 0 Å². The molecule has 2 N–H and O–H groups in total. The standard InChI is InChI=1S/C28H20N2O4/c1-29-17-7-3-15(4-8-17)11-23-25(31)19-13-21-22(14-20(19)26(23)32)28(34)24(27(21)33)12-16-5-9-18(30-2)10-6-16/h3-14,29-30H,1-2H3. The highest BCUT2D eigenvalue weighted by molar-refractivity contribution is 6.45. The molecule has 5 rings (SSSR count). The maximum Gasteiger partial charge on any atom is 0.197 e. The number of Topliss-reactive ketones (excluding diaryl/α,β-unsaturated/α-hetero) is 4. The van der Waals surface area contributed by atoms with Gasteiger partial charge in [-0.05, 0) is 59.7 Å². The summed E-state index contributed by atoms with van der Waals surface area (Å²) >= 11 is 0. The zero-order valence-corrected chi connectivity index (χ0v) is 18.6. The van der Waals surface area contributed by atoms with Gasteiger partial charge in [-0.25, -0.2) is 0 Å². The maximum absolute atomic E-state index is 13.0. The van der Waals surface area contributed by atoms with Crippen LogP contribution in [0.25, 0.3) is 12.2 Å². The van der Waals surface area contributed by atoms with Crippen LogP contribution in [0.1, 0.15) is 52.6 Å². The van der Waals surface area contributed by atoms with Crippen molar-refractivity contribution in [3.05, 3.63) is 105 Å². The Morgan fingerprint density at radius 3 is 1.06 bits per heavy atom. The second-order valence-electron chi connectivity index (χ2n) is 8.12. The first-order valence-electron chi connectivity index (χ1n) is 10.8. The highest BCUT2D eigenvalue weighted by Gasteiger charge is 2.40. The van der Waals surface area contributed by atoms with Gasteiger partial charge in [0.05, 0.1) is 11.1 Å². The van der Waals surface area contributed by atoms with E-state index in [1.807, 2.05) is 24.3 Å². The van der Waals surface area contributed by atoms with Crippen LogP contribution in [-0.2, 0) is 0 Å². The van der Waals surface area contributed by atoms with Crippen molar-refractivity contribution in [1.29, 1.82) is 0 Å². The molecule has 166 valence electrons. The fourth-order valence-corrected chi connectivity index (χ4v) is 4.23. The van der Waals surface area contributed by atoms with Crippen LogP contribution >= 0.6 is 0 Å². The number of fused-ring (bicyclic) bond motifs is 2. The molecule has 3 aromatic carbocycles. The van der Waals surface area contributed by atoms with Gasteiger partial charge in [0.1, 0.15) is 0 Å². The third-order valence-corrected chi connectivity index (χ3v) is 6.14. The van der Waals surface area contributed by atoms with Crippen LogP contribution in [0.3, 0.4) is 0 Å². The minimum atomic E-state index is -0.444. The fraction of sp³-hybridized carbons (Fsp3) is 0.0714. The highest BCUT2D eigenvalue weighted by Crippen LogP contribution is 2.36. The number of hydrogen-bond donors (Lipinski definition) is 2. The summed E-state index contributed by atoms with van der Waals surface area (Å²) < 4.78 is 0. The van der Waals surface area contributed by atoms with Crippen molar-refractivity contribution in [2.24, 2.45) is 0 Å². The van der Waals surface area contributed by atoms with Gasteiger partial charge in [-0.15, -0.1) is 0 Å². The molecule has 0 aliphatic heterocycles. The first-order valence-corrected chi connectivity index (χ1v) is 10.8. The summed E-state index contributed by atoms with van der Waals surface area (Å²) in [7, 11) is 3.60. The van der Waals surface area contributed by atoms with Crippen LogP contribution in [0, 0.1) is 0 Å².